The number of hydrogen-bond acceptors (Lipinski definition) is 5. The highest BCUT2D eigenvalue weighted by molar-refractivity contribution is 8.00. The zero-order valence-corrected chi connectivity index (χ0v) is 19.0. The third-order valence-electron chi connectivity index (χ3n) is 4.48. The van der Waals surface area contributed by atoms with Gasteiger partial charge in [0.2, 0.25) is 5.89 Å². The summed E-state index contributed by atoms with van der Waals surface area (Å²) in [5.41, 5.74) is 0.967. The van der Waals surface area contributed by atoms with E-state index in [2.05, 4.69) is 25.8 Å². The van der Waals surface area contributed by atoms with E-state index in [0.717, 1.165) is 28.8 Å². The zero-order valence-electron chi connectivity index (χ0n) is 17.5. The minimum absolute atomic E-state index is 0.161. The van der Waals surface area contributed by atoms with Crippen LogP contribution in [-0.4, -0.2) is 39.9 Å². The lowest BCUT2D eigenvalue weighted by molar-refractivity contribution is 0.0219. The number of amides is 1. The lowest BCUT2D eigenvalue weighted by atomic mass is 9.97. The van der Waals surface area contributed by atoms with Crippen LogP contribution in [0.2, 0.25) is 5.02 Å². The molecule has 2 aromatic rings. The lowest BCUT2D eigenvalue weighted by Crippen LogP contribution is -2.42. The van der Waals surface area contributed by atoms with Crippen molar-refractivity contribution < 1.29 is 13.9 Å². The summed E-state index contributed by atoms with van der Waals surface area (Å²) in [5.74, 6) is 0.714. The Bertz CT molecular complexity index is 859. The largest absolute Gasteiger partial charge is 0.444 e. The van der Waals surface area contributed by atoms with Gasteiger partial charge < -0.3 is 14.1 Å². The van der Waals surface area contributed by atoms with Crippen molar-refractivity contribution in [2.24, 2.45) is 0 Å². The molecule has 0 radical (unpaired) electrons. The van der Waals surface area contributed by atoms with Gasteiger partial charge in [-0.05, 0) is 45.7 Å². The number of thioether (sulfide) groups is 1. The molecule has 2 heterocycles. The number of piperidine rings is 1. The van der Waals surface area contributed by atoms with Crippen molar-refractivity contribution in [2.75, 3.05) is 13.1 Å². The Hall–Kier alpha value is -1.40. The van der Waals surface area contributed by atoms with Crippen LogP contribution < -0.4 is 0 Å². The van der Waals surface area contributed by atoms with E-state index in [1.54, 1.807) is 16.7 Å². The Morgan fingerprint density at radius 2 is 1.86 bits per heavy atom. The molecule has 1 aliphatic rings. The number of benzene rings is 1. The molecule has 1 amide bonds. The second-order valence-electron chi connectivity index (χ2n) is 9.28. The number of ether oxygens (including phenoxy) is 1. The Kier molecular flexibility index (Phi) is 5.93. The summed E-state index contributed by atoms with van der Waals surface area (Å²) in [6.07, 6.45) is 1.54. The normalized spacial score (nSPS) is 16.6. The molecule has 154 valence electrons. The Morgan fingerprint density at radius 3 is 2.43 bits per heavy atom. The van der Waals surface area contributed by atoms with Crippen LogP contribution in [0.1, 0.15) is 60.3 Å². The number of nitrogens with zero attached hydrogens (tertiary/aromatic N) is 2. The van der Waals surface area contributed by atoms with E-state index >= 15 is 0 Å². The molecule has 28 heavy (non-hydrogen) atoms. The number of aromatic nitrogens is 1. The second kappa shape index (κ2) is 7.79. The van der Waals surface area contributed by atoms with Crippen LogP contribution in [0.25, 0.3) is 11.1 Å². The molecule has 3 rings (SSSR count). The molecule has 0 saturated carbocycles. The minimum atomic E-state index is -0.469. The molecular formula is C21H29ClN2O3S. The summed E-state index contributed by atoms with van der Waals surface area (Å²) in [6.45, 7) is 13.3. The lowest BCUT2D eigenvalue weighted by Gasteiger charge is -2.33. The fraction of sp³-hybridized carbons (Fsp3) is 0.619. The highest BCUT2D eigenvalue weighted by Crippen LogP contribution is 2.41. The molecule has 1 aliphatic heterocycles. The van der Waals surface area contributed by atoms with E-state index in [9.17, 15) is 4.79 Å². The summed E-state index contributed by atoms with van der Waals surface area (Å²) in [5, 5.41) is 1.05. The van der Waals surface area contributed by atoms with Crippen LogP contribution in [0.5, 0.6) is 0 Å². The highest BCUT2D eigenvalue weighted by atomic mass is 35.5. The van der Waals surface area contributed by atoms with Crippen molar-refractivity contribution in [1.82, 2.24) is 9.88 Å². The number of likely N-dealkylation sites (tertiary alicyclic amines) is 1. The number of fused-ring (bicyclic) bond motifs is 1. The molecule has 1 aromatic carbocycles. The summed E-state index contributed by atoms with van der Waals surface area (Å²) in [6, 6.07) is 3.79. The van der Waals surface area contributed by atoms with Crippen molar-refractivity contribution in [2.45, 2.75) is 75.5 Å². The first kappa shape index (κ1) is 21.3. The Balaban J connectivity index is 1.71. The van der Waals surface area contributed by atoms with Crippen molar-refractivity contribution >= 4 is 40.6 Å². The van der Waals surface area contributed by atoms with Gasteiger partial charge in [-0.2, -0.15) is 0 Å². The van der Waals surface area contributed by atoms with Gasteiger partial charge in [-0.25, -0.2) is 9.78 Å². The minimum Gasteiger partial charge on any atom is -0.444 e. The number of rotatable bonds is 2. The Labute approximate surface area is 176 Å². The first-order valence-electron chi connectivity index (χ1n) is 9.68. The Morgan fingerprint density at radius 1 is 1.21 bits per heavy atom. The third-order valence-corrected chi connectivity index (χ3v) is 6.36. The van der Waals surface area contributed by atoms with E-state index in [1.165, 1.54) is 0 Å². The van der Waals surface area contributed by atoms with Gasteiger partial charge in [0.25, 0.3) is 0 Å². The van der Waals surface area contributed by atoms with E-state index in [1.807, 2.05) is 32.9 Å². The van der Waals surface area contributed by atoms with Crippen molar-refractivity contribution in [3.8, 4) is 0 Å². The number of hydrogen-bond donors (Lipinski definition) is 0. The molecule has 0 bridgehead atoms. The standard InChI is InChI=1S/C21H29ClN2O3S/c1-20(2,3)18-23-15-8-7-14(22)17(16(15)26-18)28-13-9-11-24(12-10-13)19(25)27-21(4,5)6/h7-8,13H,9-12H2,1-6H3. The van der Waals surface area contributed by atoms with Crippen LogP contribution >= 0.6 is 23.4 Å². The van der Waals surface area contributed by atoms with E-state index < -0.39 is 5.60 Å². The van der Waals surface area contributed by atoms with Gasteiger partial charge in [0.05, 0.1) is 9.92 Å². The van der Waals surface area contributed by atoms with E-state index in [-0.39, 0.29) is 11.5 Å². The first-order valence-corrected chi connectivity index (χ1v) is 10.9. The SMILES string of the molecule is CC(C)(C)OC(=O)N1CCC(Sc2c(Cl)ccc3nc(C(C)(C)C)oc23)CC1. The van der Waals surface area contributed by atoms with Gasteiger partial charge in [-0.15, -0.1) is 11.8 Å². The molecule has 7 heteroatoms. The average molecular weight is 425 g/mol. The summed E-state index contributed by atoms with van der Waals surface area (Å²) < 4.78 is 11.6. The molecule has 0 unspecified atom stereocenters. The quantitative estimate of drug-likeness (QED) is 0.568. The topological polar surface area (TPSA) is 55.6 Å². The maximum atomic E-state index is 12.3. The summed E-state index contributed by atoms with van der Waals surface area (Å²) in [7, 11) is 0. The number of carbonyl (C=O) groups excluding carboxylic acids is 1. The van der Waals surface area contributed by atoms with Gasteiger partial charge in [0.1, 0.15) is 11.1 Å². The fourth-order valence-electron chi connectivity index (χ4n) is 3.02. The number of halogens is 1. The maximum absolute atomic E-state index is 12.3. The predicted molar refractivity (Wildman–Crippen MR) is 114 cm³/mol. The molecule has 1 fully saturated rings. The first-order chi connectivity index (χ1) is 12.9. The second-order valence-corrected chi connectivity index (χ2v) is 11.0. The molecular weight excluding hydrogens is 396 g/mol. The van der Waals surface area contributed by atoms with Crippen LogP contribution in [0.3, 0.4) is 0 Å². The van der Waals surface area contributed by atoms with Crippen molar-refractivity contribution in [3.63, 3.8) is 0 Å². The monoisotopic (exact) mass is 424 g/mol. The third kappa shape index (κ3) is 4.95. The number of carbonyl (C=O) groups is 1. The maximum Gasteiger partial charge on any atom is 0.410 e. The zero-order chi connectivity index (χ0) is 20.7. The van der Waals surface area contributed by atoms with Crippen LogP contribution in [-0.2, 0) is 10.2 Å². The van der Waals surface area contributed by atoms with Gasteiger partial charge in [-0.3, -0.25) is 0 Å². The van der Waals surface area contributed by atoms with E-state index in [0.29, 0.717) is 29.3 Å². The van der Waals surface area contributed by atoms with Crippen LogP contribution in [0.15, 0.2) is 21.4 Å². The van der Waals surface area contributed by atoms with E-state index in [4.69, 9.17) is 20.8 Å². The smallest absolute Gasteiger partial charge is 0.410 e. The molecule has 5 nitrogen and oxygen atoms in total. The molecule has 0 spiro atoms. The molecule has 0 aliphatic carbocycles. The van der Waals surface area contributed by atoms with Gasteiger partial charge in [-0.1, -0.05) is 32.4 Å². The molecule has 1 saturated heterocycles. The predicted octanol–water partition coefficient (Wildman–Crippen LogP) is 6.27. The average Bonchev–Trinajstić information content (AvgIpc) is 3.01. The van der Waals surface area contributed by atoms with Gasteiger partial charge in [0, 0.05) is 23.8 Å². The molecule has 0 N–H and O–H groups in total. The summed E-state index contributed by atoms with van der Waals surface area (Å²) in [4.78, 5) is 19.6. The van der Waals surface area contributed by atoms with Gasteiger partial charge >= 0.3 is 6.09 Å². The van der Waals surface area contributed by atoms with Crippen LogP contribution in [0.4, 0.5) is 4.79 Å². The summed E-state index contributed by atoms with van der Waals surface area (Å²) >= 11 is 8.23. The molecule has 0 atom stereocenters. The highest BCUT2D eigenvalue weighted by Gasteiger charge is 2.29. The van der Waals surface area contributed by atoms with Gasteiger partial charge in [0.15, 0.2) is 5.58 Å². The van der Waals surface area contributed by atoms with Crippen molar-refractivity contribution in [1.29, 1.82) is 0 Å². The fourth-order valence-corrected chi connectivity index (χ4v) is 4.52. The van der Waals surface area contributed by atoms with Crippen LogP contribution in [0, 0.1) is 0 Å². The number of oxazole rings is 1. The van der Waals surface area contributed by atoms with Crippen molar-refractivity contribution in [3.05, 3.63) is 23.0 Å². The molecule has 1 aromatic heterocycles.